The predicted molar refractivity (Wildman–Crippen MR) is 81.2 cm³/mol. The summed E-state index contributed by atoms with van der Waals surface area (Å²) in [5.74, 6) is -0.565. The van der Waals surface area contributed by atoms with E-state index in [4.69, 9.17) is 33.7 Å². The van der Waals surface area contributed by atoms with E-state index in [9.17, 15) is 4.79 Å². The number of hydrogen-bond acceptors (Lipinski definition) is 3. The normalized spacial score (nSPS) is 10.3. The highest BCUT2D eigenvalue weighted by Gasteiger charge is 2.15. The van der Waals surface area contributed by atoms with Crippen LogP contribution in [0.5, 0.6) is 0 Å². The van der Waals surface area contributed by atoms with Gasteiger partial charge in [-0.2, -0.15) is 0 Å². The van der Waals surface area contributed by atoms with Gasteiger partial charge in [-0.25, -0.2) is 4.79 Å². The van der Waals surface area contributed by atoms with E-state index in [1.165, 1.54) is 0 Å². The van der Waals surface area contributed by atoms with Crippen LogP contribution in [0.2, 0.25) is 10.0 Å². The fourth-order valence-corrected chi connectivity index (χ4v) is 2.29. The summed E-state index contributed by atoms with van der Waals surface area (Å²) in [5.41, 5.74) is 7.97. The van der Waals surface area contributed by atoms with Crippen LogP contribution in [0.15, 0.2) is 36.4 Å². The van der Waals surface area contributed by atoms with Gasteiger partial charge < -0.3 is 10.5 Å². The summed E-state index contributed by atoms with van der Waals surface area (Å²) in [6, 6.07) is 10.4. The molecule has 0 aromatic heterocycles. The lowest BCUT2D eigenvalue weighted by Crippen LogP contribution is -2.09. The van der Waals surface area contributed by atoms with E-state index >= 15 is 0 Å². The lowest BCUT2D eigenvalue weighted by atomic mass is 10.1. The number of carbonyl (C=O) groups excluding carboxylic acids is 1. The maximum Gasteiger partial charge on any atom is 0.342 e. The molecule has 0 atom stereocenters. The number of halogens is 2. The number of nitrogen functional groups attached to an aromatic ring is 1. The van der Waals surface area contributed by atoms with Crippen LogP contribution in [-0.4, -0.2) is 5.97 Å². The monoisotopic (exact) mass is 309 g/mol. The molecule has 0 aliphatic heterocycles. The van der Waals surface area contributed by atoms with Crippen molar-refractivity contribution < 1.29 is 9.53 Å². The molecule has 0 heterocycles. The summed E-state index contributed by atoms with van der Waals surface area (Å²) in [5, 5.41) is 0.829. The van der Waals surface area contributed by atoms with Crippen LogP contribution in [-0.2, 0) is 11.3 Å². The summed E-state index contributed by atoms with van der Waals surface area (Å²) in [6.07, 6.45) is 0. The van der Waals surface area contributed by atoms with Crippen molar-refractivity contribution in [1.82, 2.24) is 0 Å². The van der Waals surface area contributed by atoms with Crippen LogP contribution in [0, 0.1) is 6.92 Å². The van der Waals surface area contributed by atoms with E-state index < -0.39 is 5.97 Å². The topological polar surface area (TPSA) is 52.3 Å². The number of ether oxygens (including phenoxy) is 1. The molecule has 0 aliphatic carbocycles. The molecular weight excluding hydrogens is 297 g/mol. The molecule has 0 saturated heterocycles. The first-order chi connectivity index (χ1) is 9.49. The van der Waals surface area contributed by atoms with E-state index in [0.717, 1.165) is 11.1 Å². The van der Waals surface area contributed by atoms with E-state index in [1.54, 1.807) is 18.2 Å². The first-order valence-electron chi connectivity index (χ1n) is 5.95. The number of hydrogen-bond donors (Lipinski definition) is 1. The molecule has 0 saturated carbocycles. The standard InChI is InChI=1S/C15H13Cl2NO2/c1-9-5-6-10(12(17)7-9)8-20-15(19)14-11(16)3-2-4-13(14)18/h2-7H,8,18H2,1H3. The Hall–Kier alpha value is -1.71. The van der Waals surface area contributed by atoms with Gasteiger partial charge in [0.2, 0.25) is 0 Å². The van der Waals surface area contributed by atoms with Gasteiger partial charge in [-0.15, -0.1) is 0 Å². The molecule has 104 valence electrons. The third-order valence-corrected chi connectivity index (χ3v) is 3.48. The number of rotatable bonds is 3. The highest BCUT2D eigenvalue weighted by atomic mass is 35.5. The Morgan fingerprint density at radius 2 is 1.95 bits per heavy atom. The second-order valence-corrected chi connectivity index (χ2v) is 5.19. The summed E-state index contributed by atoms with van der Waals surface area (Å²) < 4.78 is 5.21. The zero-order valence-electron chi connectivity index (χ0n) is 10.8. The molecule has 0 bridgehead atoms. The zero-order chi connectivity index (χ0) is 14.7. The molecule has 0 spiro atoms. The van der Waals surface area contributed by atoms with E-state index in [2.05, 4.69) is 0 Å². The smallest absolute Gasteiger partial charge is 0.342 e. The molecule has 0 aliphatic rings. The van der Waals surface area contributed by atoms with Gasteiger partial charge in [0, 0.05) is 16.3 Å². The van der Waals surface area contributed by atoms with Gasteiger partial charge in [0.05, 0.1) is 5.02 Å². The molecule has 20 heavy (non-hydrogen) atoms. The minimum atomic E-state index is -0.565. The fourth-order valence-electron chi connectivity index (χ4n) is 1.74. The van der Waals surface area contributed by atoms with Gasteiger partial charge in [-0.1, -0.05) is 41.4 Å². The quantitative estimate of drug-likeness (QED) is 0.681. The summed E-state index contributed by atoms with van der Waals surface area (Å²) in [7, 11) is 0. The number of esters is 1. The lowest BCUT2D eigenvalue weighted by Gasteiger charge is -2.09. The van der Waals surface area contributed by atoms with Crippen LogP contribution in [0.4, 0.5) is 5.69 Å². The van der Waals surface area contributed by atoms with Gasteiger partial charge in [0.15, 0.2) is 0 Å². The highest BCUT2D eigenvalue weighted by Crippen LogP contribution is 2.24. The van der Waals surface area contributed by atoms with E-state index in [-0.39, 0.29) is 22.9 Å². The first-order valence-corrected chi connectivity index (χ1v) is 6.71. The van der Waals surface area contributed by atoms with Crippen LogP contribution >= 0.6 is 23.2 Å². The highest BCUT2D eigenvalue weighted by molar-refractivity contribution is 6.34. The number of nitrogens with two attached hydrogens (primary N) is 1. The molecule has 2 rings (SSSR count). The van der Waals surface area contributed by atoms with Crippen LogP contribution < -0.4 is 5.73 Å². The number of aryl methyl sites for hydroxylation is 1. The van der Waals surface area contributed by atoms with Gasteiger partial charge in [-0.3, -0.25) is 0 Å². The zero-order valence-corrected chi connectivity index (χ0v) is 12.3. The fraction of sp³-hybridized carbons (Fsp3) is 0.133. The Morgan fingerprint density at radius 3 is 2.60 bits per heavy atom. The summed E-state index contributed by atoms with van der Waals surface area (Å²) >= 11 is 12.0. The third kappa shape index (κ3) is 3.24. The van der Waals surface area contributed by atoms with Gasteiger partial charge in [0.1, 0.15) is 12.2 Å². The molecule has 0 amide bonds. The van der Waals surface area contributed by atoms with Crippen molar-refractivity contribution in [3.05, 3.63) is 63.1 Å². The summed E-state index contributed by atoms with van der Waals surface area (Å²) in [4.78, 5) is 12.0. The maximum absolute atomic E-state index is 12.0. The summed E-state index contributed by atoms with van der Waals surface area (Å²) in [6.45, 7) is 2.01. The number of benzene rings is 2. The van der Waals surface area contributed by atoms with Crippen molar-refractivity contribution in [2.24, 2.45) is 0 Å². The van der Waals surface area contributed by atoms with Crippen molar-refractivity contribution in [1.29, 1.82) is 0 Å². The van der Waals surface area contributed by atoms with Crippen molar-refractivity contribution in [3.8, 4) is 0 Å². The molecule has 0 fully saturated rings. The lowest BCUT2D eigenvalue weighted by molar-refractivity contribution is 0.0474. The van der Waals surface area contributed by atoms with Gasteiger partial charge >= 0.3 is 5.97 Å². The second-order valence-electron chi connectivity index (χ2n) is 4.38. The Balaban J connectivity index is 2.13. The average molecular weight is 310 g/mol. The molecule has 2 aromatic rings. The molecule has 2 N–H and O–H groups in total. The van der Waals surface area contributed by atoms with Crippen molar-refractivity contribution >= 4 is 34.9 Å². The minimum absolute atomic E-state index is 0.0720. The molecule has 2 aromatic carbocycles. The van der Waals surface area contributed by atoms with Crippen molar-refractivity contribution in [2.45, 2.75) is 13.5 Å². The first kappa shape index (κ1) is 14.7. The maximum atomic E-state index is 12.0. The number of carbonyl (C=O) groups is 1. The molecule has 3 nitrogen and oxygen atoms in total. The number of anilines is 1. The SMILES string of the molecule is Cc1ccc(COC(=O)c2c(N)cccc2Cl)c(Cl)c1. The Labute approximate surface area is 127 Å². The molecular formula is C15H13Cl2NO2. The Bertz CT molecular complexity index is 636. The second kappa shape index (κ2) is 6.16. The Morgan fingerprint density at radius 1 is 1.20 bits per heavy atom. The Kier molecular flexibility index (Phi) is 4.53. The van der Waals surface area contributed by atoms with Crippen LogP contribution in [0.3, 0.4) is 0 Å². The van der Waals surface area contributed by atoms with Crippen LogP contribution in [0.25, 0.3) is 0 Å². The average Bonchev–Trinajstić information content (AvgIpc) is 2.37. The van der Waals surface area contributed by atoms with E-state index in [0.29, 0.717) is 5.02 Å². The van der Waals surface area contributed by atoms with Crippen LogP contribution in [0.1, 0.15) is 21.5 Å². The van der Waals surface area contributed by atoms with Crippen molar-refractivity contribution in [3.63, 3.8) is 0 Å². The van der Waals surface area contributed by atoms with Crippen molar-refractivity contribution in [2.75, 3.05) is 5.73 Å². The van der Waals surface area contributed by atoms with E-state index in [1.807, 2.05) is 25.1 Å². The third-order valence-electron chi connectivity index (χ3n) is 2.82. The molecule has 5 heteroatoms. The molecule has 0 radical (unpaired) electrons. The minimum Gasteiger partial charge on any atom is -0.457 e. The molecule has 0 unspecified atom stereocenters. The largest absolute Gasteiger partial charge is 0.457 e. The van der Waals surface area contributed by atoms with Gasteiger partial charge in [-0.05, 0) is 30.7 Å². The van der Waals surface area contributed by atoms with Gasteiger partial charge in [0.25, 0.3) is 0 Å². The predicted octanol–water partition coefficient (Wildman–Crippen LogP) is 4.24.